The zero-order valence-electron chi connectivity index (χ0n) is 19.5. The third-order valence-corrected chi connectivity index (χ3v) is 7.78. The van der Waals surface area contributed by atoms with Crippen LogP contribution in [-0.2, 0) is 23.4 Å². The Bertz CT molecular complexity index is 1160. The van der Waals surface area contributed by atoms with Crippen molar-refractivity contribution < 1.29 is 38.3 Å². The van der Waals surface area contributed by atoms with Crippen LogP contribution in [0.15, 0.2) is 6.33 Å². The van der Waals surface area contributed by atoms with Gasteiger partial charge in [0.05, 0.1) is 26.7 Å². The maximum absolute atomic E-state index is 12.7. The maximum atomic E-state index is 12.7. The number of nitrogens with two attached hydrogens (primary N) is 1. The van der Waals surface area contributed by atoms with Crippen molar-refractivity contribution >= 4 is 30.6 Å². The van der Waals surface area contributed by atoms with Gasteiger partial charge in [-0.05, 0) is 20.8 Å². The molecule has 5 N–H and O–H groups in total. The van der Waals surface area contributed by atoms with Gasteiger partial charge in [-0.25, -0.2) is 10.1 Å². The molecule has 188 valence electrons. The highest BCUT2D eigenvalue weighted by molar-refractivity contribution is 7.56. The summed E-state index contributed by atoms with van der Waals surface area (Å²) in [5.41, 5.74) is 3.53. The van der Waals surface area contributed by atoms with Crippen molar-refractivity contribution in [2.24, 2.45) is 0 Å². The minimum Gasteiger partial charge on any atom is -0.479 e. The van der Waals surface area contributed by atoms with Crippen LogP contribution >= 0.6 is 7.52 Å². The van der Waals surface area contributed by atoms with Crippen molar-refractivity contribution in [2.45, 2.75) is 56.3 Å². The molecule has 3 heterocycles. The third kappa shape index (κ3) is 3.74. The summed E-state index contributed by atoms with van der Waals surface area (Å²) in [4.78, 5) is 24.2. The second-order valence-corrected chi connectivity index (χ2v) is 10.8. The Morgan fingerprint density at radius 2 is 2.18 bits per heavy atom. The third-order valence-electron chi connectivity index (χ3n) is 6.28. The molecule has 0 amide bonds. The van der Waals surface area contributed by atoms with E-state index in [1.165, 1.54) is 27.0 Å². The van der Waals surface area contributed by atoms with Gasteiger partial charge in [-0.3, -0.25) is 9.36 Å². The average Bonchev–Trinajstić information content (AvgIpc) is 3.01. The number of ether oxygens (including phenoxy) is 3. The van der Waals surface area contributed by atoms with Crippen LogP contribution in [0, 0.1) is 0 Å². The number of methoxy groups -OCH3 is 1. The number of fused-ring (bicyclic) bond motifs is 2. The summed E-state index contributed by atoms with van der Waals surface area (Å²) in [7, 11) is -2.02. The molecule has 0 spiro atoms. The normalized spacial score (nSPS) is 32.7. The van der Waals surface area contributed by atoms with Gasteiger partial charge >= 0.3 is 5.97 Å². The van der Waals surface area contributed by atoms with Gasteiger partial charge in [0.1, 0.15) is 35.5 Å². The SMILES string of the molecule is CCOC(=O)C(C)NP(C)(=O)OCC1OC2(C)C(n3cnc4c(OC)nc(N)nc43)C2(O)C1O. The number of carbonyl (C=O) groups excluding carboxylic acids is 1. The molecule has 34 heavy (non-hydrogen) atoms. The van der Waals surface area contributed by atoms with E-state index >= 15 is 0 Å². The molecule has 2 aromatic heterocycles. The van der Waals surface area contributed by atoms with E-state index in [9.17, 15) is 19.6 Å². The summed E-state index contributed by atoms with van der Waals surface area (Å²) in [6, 6.07) is -1.59. The van der Waals surface area contributed by atoms with Gasteiger partial charge in [0.2, 0.25) is 11.8 Å². The number of hydrogen-bond donors (Lipinski definition) is 4. The van der Waals surface area contributed by atoms with Crippen molar-refractivity contribution in [1.82, 2.24) is 24.6 Å². The largest absolute Gasteiger partial charge is 0.479 e. The van der Waals surface area contributed by atoms with Crippen molar-refractivity contribution in [1.29, 1.82) is 0 Å². The van der Waals surface area contributed by atoms with Gasteiger partial charge in [0, 0.05) is 6.66 Å². The number of anilines is 1. The van der Waals surface area contributed by atoms with Gasteiger partial charge in [0.15, 0.2) is 11.2 Å². The van der Waals surface area contributed by atoms with E-state index in [1.54, 1.807) is 18.4 Å². The Hall–Kier alpha value is -2.35. The number of carbonyl (C=O) groups is 1. The van der Waals surface area contributed by atoms with Crippen LogP contribution in [0.4, 0.5) is 5.95 Å². The van der Waals surface area contributed by atoms with E-state index in [-0.39, 0.29) is 25.0 Å². The number of hydrogen-bond acceptors (Lipinski definition) is 12. The molecule has 7 atom stereocenters. The number of nitrogens with zero attached hydrogens (tertiary/aromatic N) is 4. The number of rotatable bonds is 9. The minimum atomic E-state index is -3.45. The van der Waals surface area contributed by atoms with Crippen LogP contribution in [0.2, 0.25) is 0 Å². The Balaban J connectivity index is 1.47. The highest BCUT2D eigenvalue weighted by Crippen LogP contribution is 2.67. The smallest absolute Gasteiger partial charge is 0.323 e. The standard InChI is InChI=1S/C19H29N6O8P/c1-6-31-15(27)9(2)24-34(5,29)32-7-10-12(26)19(28)16(18(19,3)33-10)25-8-21-11-13(25)22-17(20)23-14(11)30-4/h8-10,12,16,26,28H,6-7H2,1-5H3,(H,24,29)(H2,20,22,23). The molecular weight excluding hydrogens is 471 g/mol. The van der Waals surface area contributed by atoms with Crippen LogP contribution in [0.1, 0.15) is 26.8 Å². The molecule has 2 fully saturated rings. The molecule has 4 rings (SSSR count). The first-order chi connectivity index (χ1) is 15.9. The fourth-order valence-corrected chi connectivity index (χ4v) is 5.93. The first-order valence-corrected chi connectivity index (χ1v) is 12.8. The summed E-state index contributed by atoms with van der Waals surface area (Å²) >= 11 is 0. The number of esters is 1. The van der Waals surface area contributed by atoms with Gasteiger partial charge in [-0.15, -0.1) is 0 Å². The van der Waals surface area contributed by atoms with E-state index < -0.39 is 49.0 Å². The lowest BCUT2D eigenvalue weighted by Gasteiger charge is -2.26. The topological polar surface area (TPSA) is 193 Å². The van der Waals surface area contributed by atoms with Gasteiger partial charge < -0.3 is 39.2 Å². The molecule has 1 saturated carbocycles. The number of nitrogens with one attached hydrogen (secondary N) is 1. The fraction of sp³-hybridized carbons (Fsp3) is 0.684. The van der Waals surface area contributed by atoms with Crippen molar-refractivity contribution in [3.8, 4) is 5.88 Å². The molecule has 7 unspecified atom stereocenters. The van der Waals surface area contributed by atoms with Crippen LogP contribution in [-0.4, -0.2) is 92.1 Å². The lowest BCUT2D eigenvalue weighted by Crippen LogP contribution is -2.40. The molecule has 2 aromatic rings. The number of aliphatic hydroxyl groups is 2. The summed E-state index contributed by atoms with van der Waals surface area (Å²) in [6.45, 7) is 6.02. The predicted octanol–water partition coefficient (Wildman–Crippen LogP) is -0.398. The Kier molecular flexibility index (Phi) is 6.12. The lowest BCUT2D eigenvalue weighted by atomic mass is 10.1. The highest BCUT2D eigenvalue weighted by Gasteiger charge is 2.85. The Morgan fingerprint density at radius 3 is 2.76 bits per heavy atom. The van der Waals surface area contributed by atoms with E-state index in [1.807, 2.05) is 0 Å². The summed E-state index contributed by atoms with van der Waals surface area (Å²) in [6.07, 6.45) is -0.900. The quantitative estimate of drug-likeness (QED) is 0.257. The molecule has 0 radical (unpaired) electrons. The molecule has 15 heteroatoms. The minimum absolute atomic E-state index is 0.0370. The van der Waals surface area contributed by atoms with Crippen molar-refractivity contribution in [3.63, 3.8) is 0 Å². The second-order valence-electron chi connectivity index (χ2n) is 8.60. The molecule has 2 aliphatic rings. The number of imidazole rings is 1. The van der Waals surface area contributed by atoms with Gasteiger partial charge in [-0.1, -0.05) is 0 Å². The van der Waals surface area contributed by atoms with E-state index in [0.717, 1.165) is 0 Å². The molecule has 14 nitrogen and oxygen atoms in total. The first-order valence-electron chi connectivity index (χ1n) is 10.7. The summed E-state index contributed by atoms with van der Waals surface area (Å²) in [5, 5.41) is 24.8. The average molecular weight is 500 g/mol. The van der Waals surface area contributed by atoms with E-state index in [0.29, 0.717) is 11.2 Å². The highest BCUT2D eigenvalue weighted by atomic mass is 31.2. The predicted molar refractivity (Wildman–Crippen MR) is 118 cm³/mol. The molecule has 1 saturated heterocycles. The van der Waals surface area contributed by atoms with Crippen LogP contribution < -0.4 is 15.6 Å². The monoisotopic (exact) mass is 500 g/mol. The second kappa shape index (κ2) is 8.40. The van der Waals surface area contributed by atoms with Crippen LogP contribution in [0.3, 0.4) is 0 Å². The van der Waals surface area contributed by atoms with Crippen molar-refractivity contribution in [2.75, 3.05) is 32.7 Å². The molecule has 0 aromatic carbocycles. The van der Waals surface area contributed by atoms with E-state index in [4.69, 9.17) is 24.5 Å². The van der Waals surface area contributed by atoms with Crippen molar-refractivity contribution in [3.05, 3.63) is 6.33 Å². The zero-order chi connectivity index (χ0) is 25.1. The van der Waals surface area contributed by atoms with Gasteiger partial charge in [0.25, 0.3) is 7.52 Å². The molecule has 1 aliphatic carbocycles. The molecule has 1 aliphatic heterocycles. The molecule has 0 bridgehead atoms. The number of nitrogen functional groups attached to an aromatic ring is 1. The van der Waals surface area contributed by atoms with Gasteiger partial charge in [-0.2, -0.15) is 9.97 Å². The number of aliphatic hydroxyl groups excluding tert-OH is 1. The Labute approximate surface area is 195 Å². The first kappa shape index (κ1) is 24.8. The van der Waals surface area contributed by atoms with E-state index in [2.05, 4.69) is 20.0 Å². The summed E-state index contributed by atoms with van der Waals surface area (Å²) < 4.78 is 35.8. The zero-order valence-corrected chi connectivity index (χ0v) is 20.4. The maximum Gasteiger partial charge on any atom is 0.323 e. The fourth-order valence-electron chi connectivity index (χ4n) is 4.62. The van der Waals surface area contributed by atoms with Crippen LogP contribution in [0.25, 0.3) is 11.2 Å². The van der Waals surface area contributed by atoms with Crippen LogP contribution in [0.5, 0.6) is 5.88 Å². The lowest BCUT2D eigenvalue weighted by molar-refractivity contribution is -0.144. The molecular formula is C19H29N6O8P. The summed E-state index contributed by atoms with van der Waals surface area (Å²) in [5.74, 6) is -0.421. The Morgan fingerprint density at radius 1 is 1.47 bits per heavy atom. The number of aromatic nitrogens is 4.